The van der Waals surface area contributed by atoms with Gasteiger partial charge in [0.05, 0.1) is 25.2 Å². The molecule has 2 aromatic rings. The quantitative estimate of drug-likeness (QED) is 0.109. The van der Waals surface area contributed by atoms with Crippen molar-refractivity contribution in [3.8, 4) is 5.75 Å². The lowest BCUT2D eigenvalue weighted by molar-refractivity contribution is -0.147. The summed E-state index contributed by atoms with van der Waals surface area (Å²) < 4.78 is 0. The van der Waals surface area contributed by atoms with Crippen molar-refractivity contribution >= 4 is 35.6 Å². The van der Waals surface area contributed by atoms with Gasteiger partial charge in [0.25, 0.3) is 0 Å². The van der Waals surface area contributed by atoms with Gasteiger partial charge in [-0.3, -0.25) is 24.0 Å². The third kappa shape index (κ3) is 10.1. The number of nitrogens with two attached hydrogens (primary N) is 2. The number of carboxylic acid groups (broad SMARTS) is 2. The van der Waals surface area contributed by atoms with Gasteiger partial charge in [0.15, 0.2) is 0 Å². The Hall–Kier alpha value is -4.99. The Morgan fingerprint density at radius 3 is 1.97 bits per heavy atom. The van der Waals surface area contributed by atoms with Crippen molar-refractivity contribution in [2.45, 2.75) is 49.9 Å². The van der Waals surface area contributed by atoms with E-state index in [9.17, 15) is 39.0 Å². The minimum Gasteiger partial charge on any atom is -0.508 e. The van der Waals surface area contributed by atoms with Crippen LogP contribution in [0.15, 0.2) is 36.8 Å². The standard InChI is InChI=1S/C23H29N7O9/c24-14(6-12-9-26-10-27-12)20(35)28-16(7-18(25)32)22(37)29-15(5-11-1-3-13(31)4-2-11)21(36)30-17(23(38)39)8-19(33)34/h1-4,9-10,14-17,31H,5-8,24H2,(H2,25,32)(H,26,27)(H,28,35)(H,29,37)(H,30,36)(H,33,34)(H,38,39). The van der Waals surface area contributed by atoms with Crippen LogP contribution in [0.5, 0.6) is 5.75 Å². The number of hydrogen-bond donors (Lipinski definition) is 9. The van der Waals surface area contributed by atoms with E-state index < -0.39 is 72.6 Å². The van der Waals surface area contributed by atoms with Crippen LogP contribution in [0.1, 0.15) is 24.1 Å². The number of primary amides is 1. The Kier molecular flexibility index (Phi) is 10.9. The summed E-state index contributed by atoms with van der Waals surface area (Å²) in [5, 5.41) is 34.4. The minimum atomic E-state index is -1.81. The summed E-state index contributed by atoms with van der Waals surface area (Å²) in [4.78, 5) is 79.3. The zero-order valence-corrected chi connectivity index (χ0v) is 20.5. The summed E-state index contributed by atoms with van der Waals surface area (Å²) in [6, 6.07) is -0.485. The van der Waals surface area contributed by atoms with E-state index in [-0.39, 0.29) is 18.6 Å². The summed E-state index contributed by atoms with van der Waals surface area (Å²) in [5.74, 6) is -7.01. The summed E-state index contributed by atoms with van der Waals surface area (Å²) in [7, 11) is 0. The second kappa shape index (κ2) is 14.1. The maximum absolute atomic E-state index is 13.1. The molecule has 1 aromatic carbocycles. The van der Waals surface area contributed by atoms with Crippen LogP contribution in [-0.4, -0.2) is 85.0 Å². The smallest absolute Gasteiger partial charge is 0.326 e. The van der Waals surface area contributed by atoms with Gasteiger partial charge in [-0.1, -0.05) is 12.1 Å². The summed E-state index contributed by atoms with van der Waals surface area (Å²) in [5.41, 5.74) is 12.1. The van der Waals surface area contributed by atoms with Gasteiger partial charge in [-0.2, -0.15) is 0 Å². The average Bonchev–Trinajstić information content (AvgIpc) is 3.36. The van der Waals surface area contributed by atoms with Crippen molar-refractivity contribution < 1.29 is 44.1 Å². The number of rotatable bonds is 15. The maximum Gasteiger partial charge on any atom is 0.326 e. The number of carbonyl (C=O) groups excluding carboxylic acids is 4. The monoisotopic (exact) mass is 547 g/mol. The molecule has 0 radical (unpaired) electrons. The van der Waals surface area contributed by atoms with E-state index >= 15 is 0 Å². The number of aromatic amines is 1. The van der Waals surface area contributed by atoms with Crippen molar-refractivity contribution in [2.24, 2.45) is 11.5 Å². The molecule has 210 valence electrons. The molecule has 4 atom stereocenters. The zero-order valence-electron chi connectivity index (χ0n) is 20.5. The normalized spacial score (nSPS) is 13.8. The Morgan fingerprint density at radius 2 is 1.44 bits per heavy atom. The van der Waals surface area contributed by atoms with E-state index in [4.69, 9.17) is 16.6 Å². The third-order valence-electron chi connectivity index (χ3n) is 5.37. The number of phenols is 1. The second-order valence-corrected chi connectivity index (χ2v) is 8.55. The van der Waals surface area contributed by atoms with E-state index in [1.165, 1.54) is 36.8 Å². The first-order chi connectivity index (χ1) is 18.3. The topological polar surface area (TPSA) is 280 Å². The zero-order chi connectivity index (χ0) is 29.1. The van der Waals surface area contributed by atoms with Gasteiger partial charge < -0.3 is 47.7 Å². The highest BCUT2D eigenvalue weighted by atomic mass is 16.4. The van der Waals surface area contributed by atoms with E-state index in [2.05, 4.69) is 25.9 Å². The van der Waals surface area contributed by atoms with E-state index in [0.717, 1.165) is 0 Å². The molecule has 1 aromatic heterocycles. The van der Waals surface area contributed by atoms with E-state index in [1.54, 1.807) is 0 Å². The van der Waals surface area contributed by atoms with E-state index in [1.807, 2.05) is 0 Å². The highest BCUT2D eigenvalue weighted by Gasteiger charge is 2.32. The van der Waals surface area contributed by atoms with Gasteiger partial charge in [-0.15, -0.1) is 0 Å². The lowest BCUT2D eigenvalue weighted by Gasteiger charge is -2.24. The van der Waals surface area contributed by atoms with Gasteiger partial charge in [-0.25, -0.2) is 9.78 Å². The third-order valence-corrected chi connectivity index (χ3v) is 5.37. The van der Waals surface area contributed by atoms with Crippen molar-refractivity contribution in [3.63, 3.8) is 0 Å². The molecule has 0 fully saturated rings. The molecule has 0 aliphatic carbocycles. The number of aromatic hydroxyl groups is 1. The molecule has 0 aliphatic heterocycles. The summed E-state index contributed by atoms with van der Waals surface area (Å²) in [6.45, 7) is 0. The summed E-state index contributed by atoms with van der Waals surface area (Å²) >= 11 is 0. The molecule has 11 N–H and O–H groups in total. The Morgan fingerprint density at radius 1 is 0.846 bits per heavy atom. The first kappa shape index (κ1) is 30.2. The Balaban J connectivity index is 2.23. The number of nitrogens with one attached hydrogen (secondary N) is 4. The van der Waals surface area contributed by atoms with Crippen LogP contribution in [-0.2, 0) is 41.6 Å². The molecule has 16 heteroatoms. The van der Waals surface area contributed by atoms with Crippen molar-refractivity contribution in [1.82, 2.24) is 25.9 Å². The van der Waals surface area contributed by atoms with Gasteiger partial charge in [0.2, 0.25) is 23.6 Å². The first-order valence-corrected chi connectivity index (χ1v) is 11.5. The van der Waals surface area contributed by atoms with Crippen LogP contribution < -0.4 is 27.4 Å². The van der Waals surface area contributed by atoms with Crippen LogP contribution >= 0.6 is 0 Å². The number of imidazole rings is 1. The number of carboxylic acids is 2. The predicted molar refractivity (Wildman–Crippen MR) is 132 cm³/mol. The SMILES string of the molecule is NC(=O)CC(NC(=O)C(N)Cc1cnc[nH]1)C(=O)NC(Cc1ccc(O)cc1)C(=O)NC(CC(=O)O)C(=O)O. The number of nitrogens with zero attached hydrogens (tertiary/aromatic N) is 1. The van der Waals surface area contributed by atoms with Crippen LogP contribution in [0.25, 0.3) is 0 Å². The number of benzene rings is 1. The lowest BCUT2D eigenvalue weighted by Crippen LogP contribution is -2.58. The molecule has 0 saturated heterocycles. The number of aromatic nitrogens is 2. The molecular formula is C23H29N7O9. The minimum absolute atomic E-state index is 0.0305. The van der Waals surface area contributed by atoms with Crippen molar-refractivity contribution in [1.29, 1.82) is 0 Å². The van der Waals surface area contributed by atoms with Crippen LogP contribution in [0, 0.1) is 0 Å². The van der Waals surface area contributed by atoms with Crippen LogP contribution in [0.4, 0.5) is 0 Å². The van der Waals surface area contributed by atoms with Gasteiger partial charge in [0.1, 0.15) is 23.9 Å². The fraction of sp³-hybridized carbons (Fsp3) is 0.348. The molecule has 1 heterocycles. The number of H-pyrrole nitrogens is 1. The van der Waals surface area contributed by atoms with Crippen LogP contribution in [0.3, 0.4) is 0 Å². The molecule has 16 nitrogen and oxygen atoms in total. The summed E-state index contributed by atoms with van der Waals surface area (Å²) in [6.07, 6.45) is 1.04. The molecule has 4 amide bonds. The number of hydrogen-bond acceptors (Lipinski definition) is 9. The highest BCUT2D eigenvalue weighted by molar-refractivity contribution is 5.96. The second-order valence-electron chi connectivity index (χ2n) is 8.55. The van der Waals surface area contributed by atoms with E-state index in [0.29, 0.717) is 11.3 Å². The van der Waals surface area contributed by atoms with Crippen LogP contribution in [0.2, 0.25) is 0 Å². The first-order valence-electron chi connectivity index (χ1n) is 11.5. The average molecular weight is 548 g/mol. The van der Waals surface area contributed by atoms with Gasteiger partial charge >= 0.3 is 11.9 Å². The van der Waals surface area contributed by atoms with Gasteiger partial charge in [-0.05, 0) is 17.7 Å². The molecule has 4 unspecified atom stereocenters. The number of phenolic OH excluding ortho intramolecular Hbond substituents is 1. The fourth-order valence-electron chi connectivity index (χ4n) is 3.41. The molecule has 39 heavy (non-hydrogen) atoms. The lowest BCUT2D eigenvalue weighted by atomic mass is 10.0. The molecule has 2 rings (SSSR count). The fourth-order valence-corrected chi connectivity index (χ4v) is 3.41. The molecular weight excluding hydrogens is 518 g/mol. The maximum atomic E-state index is 13.1. The number of amides is 4. The highest BCUT2D eigenvalue weighted by Crippen LogP contribution is 2.12. The molecule has 0 saturated carbocycles. The largest absolute Gasteiger partial charge is 0.508 e. The molecule has 0 bridgehead atoms. The predicted octanol–water partition coefficient (Wildman–Crippen LogP) is -2.88. The number of aliphatic carboxylic acids is 2. The number of carbonyl (C=O) groups is 6. The van der Waals surface area contributed by atoms with Gasteiger partial charge in [0, 0.05) is 24.7 Å². The molecule has 0 spiro atoms. The Labute approximate surface area is 221 Å². The van der Waals surface area contributed by atoms with Crippen molar-refractivity contribution in [2.75, 3.05) is 0 Å². The van der Waals surface area contributed by atoms with Crippen molar-refractivity contribution in [3.05, 3.63) is 48.0 Å². The molecule has 0 aliphatic rings. The Bertz CT molecular complexity index is 1190.